The Hall–Kier alpha value is -2.49. The molecule has 104 valence electrons. The maximum atomic E-state index is 11.5. The lowest BCUT2D eigenvalue weighted by Crippen LogP contribution is -2.18. The van der Waals surface area contributed by atoms with Gasteiger partial charge in [0.15, 0.2) is 0 Å². The Labute approximate surface area is 118 Å². The van der Waals surface area contributed by atoms with Crippen LogP contribution in [0, 0.1) is 0 Å². The predicted molar refractivity (Wildman–Crippen MR) is 79.7 cm³/mol. The van der Waals surface area contributed by atoms with Crippen molar-refractivity contribution in [2.24, 2.45) is 0 Å². The lowest BCUT2D eigenvalue weighted by atomic mass is 10.1. The zero-order valence-corrected chi connectivity index (χ0v) is 11.6. The van der Waals surface area contributed by atoms with Gasteiger partial charge in [-0.2, -0.15) is 0 Å². The highest BCUT2D eigenvalue weighted by Gasteiger charge is 2.11. The van der Waals surface area contributed by atoms with E-state index in [-0.39, 0.29) is 12.0 Å². The Bertz CT molecular complexity index is 597. The van der Waals surface area contributed by atoms with Crippen molar-refractivity contribution in [2.45, 2.75) is 13.0 Å². The van der Waals surface area contributed by atoms with Gasteiger partial charge in [-0.3, -0.25) is 4.79 Å². The van der Waals surface area contributed by atoms with Crippen molar-refractivity contribution in [1.29, 1.82) is 0 Å². The van der Waals surface area contributed by atoms with E-state index in [2.05, 4.69) is 5.32 Å². The van der Waals surface area contributed by atoms with Crippen molar-refractivity contribution in [1.82, 2.24) is 5.32 Å². The second kappa shape index (κ2) is 6.10. The van der Waals surface area contributed by atoms with Crippen LogP contribution in [0.4, 0.5) is 5.69 Å². The topological polar surface area (TPSA) is 64.3 Å². The maximum Gasteiger partial charge on any atom is 0.251 e. The number of carbonyl (C=O) groups excluding carboxylic acids is 1. The molecule has 1 unspecified atom stereocenters. The van der Waals surface area contributed by atoms with Gasteiger partial charge in [0.2, 0.25) is 0 Å². The number of benzene rings is 2. The Kier molecular flexibility index (Phi) is 4.25. The van der Waals surface area contributed by atoms with E-state index in [0.29, 0.717) is 17.0 Å². The summed E-state index contributed by atoms with van der Waals surface area (Å²) >= 11 is 0. The van der Waals surface area contributed by atoms with Gasteiger partial charge in [-0.05, 0) is 30.7 Å². The molecule has 2 aromatic carbocycles. The molecule has 0 radical (unpaired) electrons. The Morgan fingerprint density at radius 3 is 2.50 bits per heavy atom. The number of nitrogen functional groups attached to an aromatic ring is 1. The molecule has 4 heteroatoms. The first-order chi connectivity index (χ1) is 9.61. The number of hydrogen-bond acceptors (Lipinski definition) is 3. The summed E-state index contributed by atoms with van der Waals surface area (Å²) in [5.41, 5.74) is 7.98. The molecule has 0 aliphatic heterocycles. The fraction of sp³-hybridized carbons (Fsp3) is 0.188. The molecule has 0 saturated heterocycles. The van der Waals surface area contributed by atoms with Crippen molar-refractivity contribution >= 4 is 11.6 Å². The SMILES string of the molecule is CNC(=O)c1ccc(OC(C)c2ccccc2)c(N)c1. The number of ether oxygens (including phenoxy) is 1. The molecule has 20 heavy (non-hydrogen) atoms. The van der Waals surface area contributed by atoms with Crippen molar-refractivity contribution in [3.8, 4) is 5.75 Å². The third kappa shape index (κ3) is 3.09. The van der Waals surface area contributed by atoms with Crippen LogP contribution in [-0.2, 0) is 0 Å². The van der Waals surface area contributed by atoms with Crippen LogP contribution in [0.15, 0.2) is 48.5 Å². The second-order valence-corrected chi connectivity index (χ2v) is 4.50. The molecule has 4 nitrogen and oxygen atoms in total. The van der Waals surface area contributed by atoms with E-state index in [4.69, 9.17) is 10.5 Å². The average molecular weight is 270 g/mol. The quantitative estimate of drug-likeness (QED) is 0.840. The molecule has 1 atom stereocenters. The van der Waals surface area contributed by atoms with Crippen LogP contribution in [-0.4, -0.2) is 13.0 Å². The number of rotatable bonds is 4. The van der Waals surface area contributed by atoms with E-state index >= 15 is 0 Å². The third-order valence-electron chi connectivity index (χ3n) is 3.07. The number of anilines is 1. The van der Waals surface area contributed by atoms with E-state index in [0.717, 1.165) is 5.56 Å². The minimum atomic E-state index is -0.167. The zero-order chi connectivity index (χ0) is 14.5. The van der Waals surface area contributed by atoms with E-state index in [9.17, 15) is 4.79 Å². The minimum Gasteiger partial charge on any atom is -0.484 e. The molecule has 0 heterocycles. The van der Waals surface area contributed by atoms with E-state index < -0.39 is 0 Å². The first-order valence-corrected chi connectivity index (χ1v) is 6.45. The van der Waals surface area contributed by atoms with Gasteiger partial charge in [-0.25, -0.2) is 0 Å². The number of nitrogens with two attached hydrogens (primary N) is 1. The molecule has 0 fully saturated rings. The Balaban J connectivity index is 2.16. The molecular weight excluding hydrogens is 252 g/mol. The lowest BCUT2D eigenvalue weighted by molar-refractivity contribution is 0.0963. The van der Waals surface area contributed by atoms with Gasteiger partial charge in [-0.1, -0.05) is 30.3 Å². The van der Waals surface area contributed by atoms with Gasteiger partial charge in [0.25, 0.3) is 5.91 Å². The summed E-state index contributed by atoms with van der Waals surface area (Å²) in [7, 11) is 1.58. The molecule has 0 aliphatic rings. The number of nitrogens with one attached hydrogen (secondary N) is 1. The van der Waals surface area contributed by atoms with Crippen LogP contribution in [0.3, 0.4) is 0 Å². The summed E-state index contributed by atoms with van der Waals surface area (Å²) in [4.78, 5) is 11.5. The van der Waals surface area contributed by atoms with Crippen LogP contribution < -0.4 is 15.8 Å². The first-order valence-electron chi connectivity index (χ1n) is 6.45. The second-order valence-electron chi connectivity index (χ2n) is 4.50. The molecule has 0 aliphatic carbocycles. The Morgan fingerprint density at radius 2 is 1.90 bits per heavy atom. The summed E-state index contributed by atoms with van der Waals surface area (Å²) < 4.78 is 5.84. The smallest absolute Gasteiger partial charge is 0.251 e. The van der Waals surface area contributed by atoms with E-state index in [1.54, 1.807) is 25.2 Å². The lowest BCUT2D eigenvalue weighted by Gasteiger charge is -2.17. The van der Waals surface area contributed by atoms with Gasteiger partial charge in [0, 0.05) is 12.6 Å². The van der Waals surface area contributed by atoms with Crippen LogP contribution in [0.1, 0.15) is 28.9 Å². The van der Waals surface area contributed by atoms with Crippen molar-refractivity contribution in [3.63, 3.8) is 0 Å². The highest BCUT2D eigenvalue weighted by Crippen LogP contribution is 2.27. The first kappa shape index (κ1) is 13.9. The van der Waals surface area contributed by atoms with E-state index in [1.165, 1.54) is 0 Å². The molecule has 0 aromatic heterocycles. The van der Waals surface area contributed by atoms with Crippen molar-refractivity contribution < 1.29 is 9.53 Å². The summed E-state index contributed by atoms with van der Waals surface area (Å²) in [5, 5.41) is 2.56. The zero-order valence-electron chi connectivity index (χ0n) is 11.6. The highest BCUT2D eigenvalue weighted by atomic mass is 16.5. The summed E-state index contributed by atoms with van der Waals surface area (Å²) in [6.45, 7) is 1.96. The van der Waals surface area contributed by atoms with Crippen molar-refractivity contribution in [3.05, 3.63) is 59.7 Å². The monoisotopic (exact) mass is 270 g/mol. The normalized spacial score (nSPS) is 11.7. The van der Waals surface area contributed by atoms with E-state index in [1.807, 2.05) is 37.3 Å². The summed E-state index contributed by atoms with van der Waals surface area (Å²) in [6, 6.07) is 14.9. The number of carbonyl (C=O) groups is 1. The molecule has 0 bridgehead atoms. The summed E-state index contributed by atoms with van der Waals surface area (Å²) in [6.07, 6.45) is -0.107. The Morgan fingerprint density at radius 1 is 1.20 bits per heavy atom. The van der Waals surface area contributed by atoms with Gasteiger partial charge in [0.1, 0.15) is 11.9 Å². The molecule has 3 N–H and O–H groups in total. The molecule has 0 saturated carbocycles. The molecule has 0 spiro atoms. The fourth-order valence-electron chi connectivity index (χ4n) is 1.92. The van der Waals surface area contributed by atoms with Gasteiger partial charge in [-0.15, -0.1) is 0 Å². The van der Waals surface area contributed by atoms with Crippen LogP contribution in [0.2, 0.25) is 0 Å². The average Bonchev–Trinajstić information content (AvgIpc) is 2.49. The highest BCUT2D eigenvalue weighted by molar-refractivity contribution is 5.95. The fourth-order valence-corrected chi connectivity index (χ4v) is 1.92. The summed E-state index contributed by atoms with van der Waals surface area (Å²) in [5.74, 6) is 0.411. The van der Waals surface area contributed by atoms with Gasteiger partial charge < -0.3 is 15.8 Å². The third-order valence-corrected chi connectivity index (χ3v) is 3.07. The number of hydrogen-bond donors (Lipinski definition) is 2. The molecule has 2 aromatic rings. The largest absolute Gasteiger partial charge is 0.484 e. The van der Waals surface area contributed by atoms with Crippen LogP contribution >= 0.6 is 0 Å². The van der Waals surface area contributed by atoms with Gasteiger partial charge >= 0.3 is 0 Å². The predicted octanol–water partition coefficient (Wildman–Crippen LogP) is 2.77. The standard InChI is InChI=1S/C16H18N2O2/c1-11(12-6-4-3-5-7-12)20-15-9-8-13(10-14(15)17)16(19)18-2/h3-11H,17H2,1-2H3,(H,18,19). The maximum absolute atomic E-state index is 11.5. The van der Waals surface area contributed by atoms with Crippen molar-refractivity contribution in [2.75, 3.05) is 12.8 Å². The molecular formula is C16H18N2O2. The van der Waals surface area contributed by atoms with Gasteiger partial charge in [0.05, 0.1) is 5.69 Å². The molecule has 2 rings (SSSR count). The minimum absolute atomic E-state index is 0.107. The number of amides is 1. The van der Waals surface area contributed by atoms with Crippen LogP contribution in [0.5, 0.6) is 5.75 Å². The molecule has 1 amide bonds. The van der Waals surface area contributed by atoms with Crippen LogP contribution in [0.25, 0.3) is 0 Å².